The molecule has 0 N–H and O–H groups in total. The quantitative estimate of drug-likeness (QED) is 0.695. The largest absolute Gasteiger partial charge is 0.350 e. The van der Waals surface area contributed by atoms with Gasteiger partial charge in [0.05, 0.1) is 17.4 Å². The lowest BCUT2D eigenvalue weighted by Gasteiger charge is -2.35. The number of anilines is 2. The third kappa shape index (κ3) is 2.31. The van der Waals surface area contributed by atoms with Crippen molar-refractivity contribution in [3.05, 3.63) is 36.1 Å². The van der Waals surface area contributed by atoms with Crippen LogP contribution in [0.25, 0.3) is 5.65 Å². The standard InChI is InChI=1S/C13H13ClN8/c14-10-7-16-13(17-8-10)21-5-3-20(4-6-21)11-12-19-18-9-22(12)2-1-15-11/h1-2,7-9H,3-6H2. The summed E-state index contributed by atoms with van der Waals surface area (Å²) in [5.41, 5.74) is 0.777. The number of aromatic nitrogens is 6. The fourth-order valence-corrected chi connectivity index (χ4v) is 2.65. The van der Waals surface area contributed by atoms with Crippen LogP contribution in [0.15, 0.2) is 31.1 Å². The van der Waals surface area contributed by atoms with Gasteiger partial charge in [-0.2, -0.15) is 0 Å². The first kappa shape index (κ1) is 13.2. The molecular formula is C13H13ClN8. The van der Waals surface area contributed by atoms with E-state index in [4.69, 9.17) is 11.6 Å². The summed E-state index contributed by atoms with van der Waals surface area (Å²) in [7, 11) is 0. The molecule has 9 heteroatoms. The van der Waals surface area contributed by atoms with Crippen LogP contribution in [0.4, 0.5) is 11.8 Å². The van der Waals surface area contributed by atoms with Gasteiger partial charge >= 0.3 is 0 Å². The van der Waals surface area contributed by atoms with E-state index < -0.39 is 0 Å². The lowest BCUT2D eigenvalue weighted by molar-refractivity contribution is 0.634. The number of hydrogen-bond acceptors (Lipinski definition) is 7. The van der Waals surface area contributed by atoms with Gasteiger partial charge in [-0.3, -0.25) is 4.40 Å². The Morgan fingerprint density at radius 1 is 0.955 bits per heavy atom. The molecule has 0 atom stereocenters. The van der Waals surface area contributed by atoms with Crippen LogP contribution >= 0.6 is 11.6 Å². The maximum atomic E-state index is 5.82. The van der Waals surface area contributed by atoms with Gasteiger partial charge in [0.25, 0.3) is 0 Å². The zero-order valence-corrected chi connectivity index (χ0v) is 12.4. The molecule has 3 aromatic heterocycles. The van der Waals surface area contributed by atoms with Gasteiger partial charge in [-0.25, -0.2) is 15.0 Å². The zero-order valence-electron chi connectivity index (χ0n) is 11.7. The lowest BCUT2D eigenvalue weighted by Crippen LogP contribution is -2.47. The molecule has 0 unspecified atom stereocenters. The van der Waals surface area contributed by atoms with Crippen LogP contribution < -0.4 is 9.80 Å². The number of piperazine rings is 1. The molecule has 3 aromatic rings. The molecule has 4 heterocycles. The van der Waals surface area contributed by atoms with Gasteiger partial charge in [0.2, 0.25) is 11.6 Å². The van der Waals surface area contributed by atoms with Crippen LogP contribution in [-0.4, -0.2) is 55.7 Å². The molecular weight excluding hydrogens is 304 g/mol. The summed E-state index contributed by atoms with van der Waals surface area (Å²) in [6.45, 7) is 3.29. The van der Waals surface area contributed by atoms with Crippen molar-refractivity contribution in [2.75, 3.05) is 36.0 Å². The van der Waals surface area contributed by atoms with Gasteiger partial charge in [-0.05, 0) is 0 Å². The predicted octanol–water partition coefficient (Wildman–Crippen LogP) is 0.894. The lowest BCUT2D eigenvalue weighted by atomic mass is 10.3. The van der Waals surface area contributed by atoms with E-state index in [0.717, 1.165) is 37.6 Å². The van der Waals surface area contributed by atoms with Crippen LogP contribution in [0.1, 0.15) is 0 Å². The molecule has 0 amide bonds. The van der Waals surface area contributed by atoms with Crippen molar-refractivity contribution < 1.29 is 0 Å². The molecule has 22 heavy (non-hydrogen) atoms. The number of rotatable bonds is 2. The highest BCUT2D eigenvalue weighted by molar-refractivity contribution is 6.30. The summed E-state index contributed by atoms with van der Waals surface area (Å²) in [4.78, 5) is 17.3. The number of hydrogen-bond donors (Lipinski definition) is 0. The first-order chi connectivity index (χ1) is 10.8. The maximum absolute atomic E-state index is 5.82. The summed E-state index contributed by atoms with van der Waals surface area (Å²) in [5, 5.41) is 8.61. The van der Waals surface area contributed by atoms with Crippen molar-refractivity contribution in [3.8, 4) is 0 Å². The fraction of sp³-hybridized carbons (Fsp3) is 0.308. The SMILES string of the molecule is Clc1cnc(N2CCN(c3nccn4cnnc34)CC2)nc1. The monoisotopic (exact) mass is 316 g/mol. The van der Waals surface area contributed by atoms with Gasteiger partial charge in [0.1, 0.15) is 6.33 Å². The highest BCUT2D eigenvalue weighted by atomic mass is 35.5. The molecule has 0 bridgehead atoms. The number of fused-ring (bicyclic) bond motifs is 1. The number of halogens is 1. The molecule has 1 saturated heterocycles. The second kappa shape index (κ2) is 5.38. The van der Waals surface area contributed by atoms with E-state index in [0.29, 0.717) is 11.0 Å². The Kier molecular flexibility index (Phi) is 3.23. The Balaban J connectivity index is 1.52. The van der Waals surface area contributed by atoms with Gasteiger partial charge < -0.3 is 9.80 Å². The van der Waals surface area contributed by atoms with E-state index >= 15 is 0 Å². The van der Waals surface area contributed by atoms with E-state index in [-0.39, 0.29) is 0 Å². The van der Waals surface area contributed by atoms with Crippen molar-refractivity contribution in [2.45, 2.75) is 0 Å². The Bertz CT molecular complexity index is 778. The molecule has 0 aliphatic carbocycles. The predicted molar refractivity (Wildman–Crippen MR) is 82.3 cm³/mol. The van der Waals surface area contributed by atoms with Crippen molar-refractivity contribution >= 4 is 29.0 Å². The molecule has 4 rings (SSSR count). The summed E-state index contributed by atoms with van der Waals surface area (Å²) < 4.78 is 1.87. The third-order valence-electron chi connectivity index (χ3n) is 3.67. The molecule has 0 saturated carbocycles. The minimum Gasteiger partial charge on any atom is -0.350 e. The van der Waals surface area contributed by atoms with Crippen LogP contribution in [0.2, 0.25) is 5.02 Å². The molecule has 112 valence electrons. The second-order valence-electron chi connectivity index (χ2n) is 4.99. The Hall–Kier alpha value is -2.48. The van der Waals surface area contributed by atoms with Gasteiger partial charge in [0, 0.05) is 38.6 Å². The highest BCUT2D eigenvalue weighted by Crippen LogP contribution is 2.19. The van der Waals surface area contributed by atoms with E-state index in [1.54, 1.807) is 24.9 Å². The van der Waals surface area contributed by atoms with Gasteiger partial charge in [-0.1, -0.05) is 11.6 Å². The average Bonchev–Trinajstić information content (AvgIpc) is 3.04. The molecule has 0 aromatic carbocycles. The van der Waals surface area contributed by atoms with Crippen LogP contribution in [0, 0.1) is 0 Å². The maximum Gasteiger partial charge on any atom is 0.225 e. The summed E-state index contributed by atoms with van der Waals surface area (Å²) in [5.74, 6) is 1.56. The summed E-state index contributed by atoms with van der Waals surface area (Å²) in [6.07, 6.45) is 8.53. The van der Waals surface area contributed by atoms with Gasteiger partial charge in [-0.15, -0.1) is 10.2 Å². The Morgan fingerprint density at radius 3 is 2.45 bits per heavy atom. The average molecular weight is 317 g/mol. The molecule has 0 spiro atoms. The van der Waals surface area contributed by atoms with Crippen molar-refractivity contribution in [1.82, 2.24) is 29.5 Å². The van der Waals surface area contributed by atoms with E-state index in [2.05, 4.69) is 34.9 Å². The first-order valence-corrected chi connectivity index (χ1v) is 7.31. The number of nitrogens with zero attached hydrogens (tertiary/aromatic N) is 8. The Labute approximate surface area is 131 Å². The molecule has 1 aliphatic heterocycles. The normalized spacial score (nSPS) is 15.5. The van der Waals surface area contributed by atoms with E-state index in [9.17, 15) is 0 Å². The molecule has 1 aliphatic rings. The van der Waals surface area contributed by atoms with Crippen LogP contribution in [0.3, 0.4) is 0 Å². The topological polar surface area (TPSA) is 75.3 Å². The second-order valence-corrected chi connectivity index (χ2v) is 5.42. The molecule has 8 nitrogen and oxygen atoms in total. The highest BCUT2D eigenvalue weighted by Gasteiger charge is 2.22. The van der Waals surface area contributed by atoms with Crippen molar-refractivity contribution in [1.29, 1.82) is 0 Å². The zero-order chi connectivity index (χ0) is 14.9. The summed E-state index contributed by atoms with van der Waals surface area (Å²) >= 11 is 5.82. The smallest absolute Gasteiger partial charge is 0.225 e. The minimum atomic E-state index is 0.546. The third-order valence-corrected chi connectivity index (χ3v) is 3.86. The van der Waals surface area contributed by atoms with Gasteiger partial charge in [0.15, 0.2) is 5.82 Å². The van der Waals surface area contributed by atoms with E-state index in [1.165, 1.54) is 0 Å². The van der Waals surface area contributed by atoms with Crippen molar-refractivity contribution in [3.63, 3.8) is 0 Å². The fourth-order valence-electron chi connectivity index (χ4n) is 2.56. The van der Waals surface area contributed by atoms with E-state index in [1.807, 2.05) is 10.6 Å². The first-order valence-electron chi connectivity index (χ1n) is 6.93. The molecule has 1 fully saturated rings. The van der Waals surface area contributed by atoms with Crippen molar-refractivity contribution in [2.24, 2.45) is 0 Å². The van der Waals surface area contributed by atoms with Crippen LogP contribution in [0.5, 0.6) is 0 Å². The minimum absolute atomic E-state index is 0.546. The molecule has 0 radical (unpaired) electrons. The summed E-state index contributed by atoms with van der Waals surface area (Å²) in [6, 6.07) is 0. The Morgan fingerprint density at radius 2 is 1.68 bits per heavy atom. The van der Waals surface area contributed by atoms with Crippen LogP contribution in [-0.2, 0) is 0 Å².